The van der Waals surface area contributed by atoms with E-state index in [9.17, 15) is 9.59 Å². The van der Waals surface area contributed by atoms with E-state index >= 15 is 0 Å². The molecule has 88 valence electrons. The number of aromatic nitrogens is 2. The van der Waals surface area contributed by atoms with Gasteiger partial charge >= 0.3 is 0 Å². The summed E-state index contributed by atoms with van der Waals surface area (Å²) in [6.45, 7) is 6.32. The van der Waals surface area contributed by atoms with Crippen LogP contribution in [0.2, 0.25) is 19.6 Å². The van der Waals surface area contributed by atoms with Crippen LogP contribution in [0, 0.1) is 15.0 Å². The summed E-state index contributed by atoms with van der Waals surface area (Å²) in [6, 6.07) is 0. The lowest BCUT2D eigenvalue weighted by Crippen LogP contribution is -2.24. The van der Waals surface area contributed by atoms with Crippen molar-refractivity contribution >= 4 is 30.7 Å². The molecule has 4 nitrogen and oxygen atoms in total. The minimum Gasteiger partial charge on any atom is -0.266 e. The fourth-order valence-electron chi connectivity index (χ4n) is 1.37. The predicted molar refractivity (Wildman–Crippen MR) is 77.5 cm³/mol. The van der Waals surface area contributed by atoms with Crippen molar-refractivity contribution in [1.82, 2.24) is 9.03 Å². The third-order valence-corrected chi connectivity index (χ3v) is 3.74. The van der Waals surface area contributed by atoms with Crippen molar-refractivity contribution < 1.29 is 0 Å². The Bertz CT molecular complexity index is 743. The second-order valence-corrected chi connectivity index (χ2v) is 10.7. The monoisotopic (exact) mass is 358 g/mol. The Morgan fingerprint density at radius 1 is 1.18 bits per heavy atom. The van der Waals surface area contributed by atoms with Gasteiger partial charge in [0, 0.05) is 12.4 Å². The smallest absolute Gasteiger partial charge is 0.266 e. The van der Waals surface area contributed by atoms with Gasteiger partial charge in [-0.3, -0.25) is 14.1 Å². The van der Waals surface area contributed by atoms with Crippen LogP contribution in [0.5, 0.6) is 0 Å². The maximum atomic E-state index is 11.9. The molecule has 17 heavy (non-hydrogen) atoms. The summed E-state index contributed by atoms with van der Waals surface area (Å²) in [7, 11) is -1.51. The van der Waals surface area contributed by atoms with Crippen LogP contribution in [0.1, 0.15) is 5.56 Å². The van der Waals surface area contributed by atoms with Crippen LogP contribution < -0.4 is 11.1 Å². The number of hydrogen-bond donors (Lipinski definition) is 0. The Kier molecular flexibility index (Phi) is 2.91. The van der Waals surface area contributed by atoms with Crippen LogP contribution in [0.15, 0.2) is 22.0 Å². The molecule has 0 saturated carbocycles. The Hall–Kier alpha value is -1.07. The van der Waals surface area contributed by atoms with Crippen molar-refractivity contribution in [1.29, 1.82) is 0 Å². The van der Waals surface area contributed by atoms with Gasteiger partial charge in [0.1, 0.15) is 13.6 Å². The zero-order valence-corrected chi connectivity index (χ0v) is 12.9. The number of rotatable bonds is 0. The first-order valence-corrected chi connectivity index (χ1v) is 9.67. The molecule has 0 atom stereocenters. The van der Waals surface area contributed by atoms with Crippen molar-refractivity contribution in [2.75, 3.05) is 0 Å². The standard InChI is InChI=1S/C11H11IN2O2Si/c1-17(2,3)5-4-8-6-13-7-9(12)11(16)14(13)10(8)15/h6-7H,1-3H3. The topological polar surface area (TPSA) is 43.0 Å². The molecule has 2 rings (SSSR count). The number of halogens is 1. The van der Waals surface area contributed by atoms with Crippen LogP contribution in [0.25, 0.3) is 0 Å². The first kappa shape index (κ1) is 12.4. The molecular weight excluding hydrogens is 347 g/mol. The average Bonchev–Trinajstić information content (AvgIpc) is 2.63. The molecule has 2 heterocycles. The van der Waals surface area contributed by atoms with E-state index in [0.29, 0.717) is 9.13 Å². The second-order valence-electron chi connectivity index (χ2n) is 4.82. The quantitative estimate of drug-likeness (QED) is 0.401. The molecule has 0 aromatic carbocycles. The molecule has 2 aromatic heterocycles. The molecule has 0 aliphatic heterocycles. The normalized spacial score (nSPS) is 11.5. The lowest BCUT2D eigenvalue weighted by Gasteiger charge is -2.02. The maximum Gasteiger partial charge on any atom is 0.290 e. The highest BCUT2D eigenvalue weighted by Crippen LogP contribution is 2.00. The highest BCUT2D eigenvalue weighted by atomic mass is 127. The zero-order chi connectivity index (χ0) is 12.8. The summed E-state index contributed by atoms with van der Waals surface area (Å²) in [5, 5.41) is 0. The van der Waals surface area contributed by atoms with E-state index in [1.807, 2.05) is 22.6 Å². The van der Waals surface area contributed by atoms with E-state index < -0.39 is 8.07 Å². The molecule has 2 aromatic rings. The molecule has 0 spiro atoms. The van der Waals surface area contributed by atoms with E-state index in [2.05, 4.69) is 31.1 Å². The first-order chi connectivity index (χ1) is 7.79. The van der Waals surface area contributed by atoms with Crippen molar-refractivity contribution in [3.05, 3.63) is 42.2 Å². The van der Waals surface area contributed by atoms with Gasteiger partial charge in [-0.2, -0.15) is 4.52 Å². The van der Waals surface area contributed by atoms with E-state index in [1.54, 1.807) is 12.4 Å². The predicted octanol–water partition coefficient (Wildman–Crippen LogP) is 1.03. The first-order valence-electron chi connectivity index (χ1n) is 5.09. The lowest BCUT2D eigenvalue weighted by atomic mass is 10.4. The summed E-state index contributed by atoms with van der Waals surface area (Å²) in [5.74, 6) is 2.89. The van der Waals surface area contributed by atoms with Crippen LogP contribution in [-0.2, 0) is 0 Å². The van der Waals surface area contributed by atoms with Crippen LogP contribution in [0.4, 0.5) is 0 Å². The largest absolute Gasteiger partial charge is 0.290 e. The van der Waals surface area contributed by atoms with Gasteiger partial charge < -0.3 is 0 Å². The molecule has 0 aliphatic rings. The summed E-state index contributed by atoms with van der Waals surface area (Å²) in [5.41, 5.74) is 2.90. The summed E-state index contributed by atoms with van der Waals surface area (Å²) >= 11 is 1.91. The Morgan fingerprint density at radius 3 is 2.35 bits per heavy atom. The van der Waals surface area contributed by atoms with Gasteiger partial charge in [0.2, 0.25) is 0 Å². The third kappa shape index (κ3) is 2.30. The summed E-state index contributed by atoms with van der Waals surface area (Å²) in [6.07, 6.45) is 3.24. The minimum atomic E-state index is -1.51. The highest BCUT2D eigenvalue weighted by Gasteiger charge is 2.12. The van der Waals surface area contributed by atoms with Gasteiger partial charge in [-0.05, 0) is 22.6 Å². The van der Waals surface area contributed by atoms with Crippen LogP contribution in [-0.4, -0.2) is 17.1 Å². The van der Waals surface area contributed by atoms with Crippen molar-refractivity contribution in [2.24, 2.45) is 0 Å². The molecule has 0 amide bonds. The molecular formula is C11H11IN2O2Si. The summed E-state index contributed by atoms with van der Waals surface area (Å²) < 4.78 is 3.14. The zero-order valence-electron chi connectivity index (χ0n) is 9.74. The Labute approximate surface area is 113 Å². The molecule has 6 heteroatoms. The molecule has 0 N–H and O–H groups in total. The fourth-order valence-corrected chi connectivity index (χ4v) is 2.39. The number of nitrogens with zero attached hydrogens (tertiary/aromatic N) is 2. The second kappa shape index (κ2) is 3.99. The van der Waals surface area contributed by atoms with E-state index in [0.717, 1.165) is 4.52 Å². The van der Waals surface area contributed by atoms with Crippen molar-refractivity contribution in [3.63, 3.8) is 0 Å². The summed E-state index contributed by atoms with van der Waals surface area (Å²) in [4.78, 5) is 23.6. The third-order valence-electron chi connectivity index (χ3n) is 2.13. The maximum absolute atomic E-state index is 11.9. The Balaban J connectivity index is 2.66. The SMILES string of the molecule is C[Si](C)(C)C#Cc1cn2cc(I)c(=O)n2c1=O. The van der Waals surface area contributed by atoms with Crippen LogP contribution >= 0.6 is 22.6 Å². The molecule has 0 saturated heterocycles. The van der Waals surface area contributed by atoms with Gasteiger partial charge in [-0.15, -0.1) is 5.54 Å². The van der Waals surface area contributed by atoms with E-state index in [-0.39, 0.29) is 11.1 Å². The van der Waals surface area contributed by atoms with E-state index in [1.165, 1.54) is 4.52 Å². The number of hydrogen-bond acceptors (Lipinski definition) is 2. The molecule has 0 aliphatic carbocycles. The minimum absolute atomic E-state index is 0.281. The van der Waals surface area contributed by atoms with Gasteiger partial charge in [-0.1, -0.05) is 25.6 Å². The van der Waals surface area contributed by atoms with Gasteiger partial charge in [0.15, 0.2) is 0 Å². The molecule has 0 bridgehead atoms. The van der Waals surface area contributed by atoms with Gasteiger partial charge in [-0.25, -0.2) is 0 Å². The Morgan fingerprint density at radius 2 is 1.82 bits per heavy atom. The van der Waals surface area contributed by atoms with Crippen molar-refractivity contribution in [2.45, 2.75) is 19.6 Å². The molecule has 0 radical (unpaired) electrons. The van der Waals surface area contributed by atoms with Crippen molar-refractivity contribution in [3.8, 4) is 11.5 Å². The van der Waals surface area contributed by atoms with Gasteiger partial charge in [0.05, 0.1) is 3.57 Å². The van der Waals surface area contributed by atoms with Crippen LogP contribution in [0.3, 0.4) is 0 Å². The van der Waals surface area contributed by atoms with Gasteiger partial charge in [0.25, 0.3) is 11.1 Å². The molecule has 0 fully saturated rings. The fraction of sp³-hybridized carbons (Fsp3) is 0.273. The van der Waals surface area contributed by atoms with E-state index in [4.69, 9.17) is 0 Å². The number of fused-ring (bicyclic) bond motifs is 1. The average molecular weight is 358 g/mol. The highest BCUT2D eigenvalue weighted by molar-refractivity contribution is 14.1. The molecule has 0 unspecified atom stereocenters. The lowest BCUT2D eigenvalue weighted by molar-refractivity contribution is 0.805.